The number of benzene rings is 1. The van der Waals surface area contributed by atoms with Crippen molar-refractivity contribution in [3.05, 3.63) is 35.9 Å². The van der Waals surface area contributed by atoms with Crippen LogP contribution in [0.3, 0.4) is 0 Å². The third-order valence-electron chi connectivity index (χ3n) is 2.96. The highest BCUT2D eigenvalue weighted by atomic mass is 16.4. The van der Waals surface area contributed by atoms with Crippen LogP contribution in [0.15, 0.2) is 30.3 Å². The summed E-state index contributed by atoms with van der Waals surface area (Å²) in [7, 11) is 0. The second kappa shape index (κ2) is 5.31. The second-order valence-electron chi connectivity index (χ2n) is 3.82. The molecule has 17 heavy (non-hydrogen) atoms. The number of carbonyl (C=O) groups is 2. The molecule has 88 valence electrons. The largest absolute Gasteiger partial charge is 0.475 e. The molecule has 1 unspecified atom stereocenters. The maximum absolute atomic E-state index is 11.9. The summed E-state index contributed by atoms with van der Waals surface area (Å²) in [4.78, 5) is 22.8. The molecule has 0 saturated heterocycles. The van der Waals surface area contributed by atoms with Gasteiger partial charge in [-0.25, -0.2) is 4.79 Å². The third-order valence-corrected chi connectivity index (χ3v) is 2.96. The van der Waals surface area contributed by atoms with Crippen molar-refractivity contribution in [2.24, 2.45) is 0 Å². The first-order valence-electron chi connectivity index (χ1n) is 5.35. The van der Waals surface area contributed by atoms with E-state index in [1.165, 1.54) is 0 Å². The van der Waals surface area contributed by atoms with Gasteiger partial charge in [0.25, 0.3) is 5.78 Å². The maximum Gasteiger partial charge on any atom is 0.373 e. The Morgan fingerprint density at radius 2 is 1.94 bits per heavy atom. The van der Waals surface area contributed by atoms with Crippen LogP contribution in [0.2, 0.25) is 0 Å². The van der Waals surface area contributed by atoms with Crippen molar-refractivity contribution in [3.8, 4) is 12.3 Å². The molecule has 0 saturated carbocycles. The number of hydrogen-bond acceptors (Lipinski definition) is 2. The number of carboxylic acid groups (broad SMARTS) is 1. The van der Waals surface area contributed by atoms with Crippen molar-refractivity contribution in [1.82, 2.24) is 0 Å². The minimum absolute atomic E-state index is 0.0959. The number of aliphatic carboxylic acids is 1. The highest BCUT2D eigenvalue weighted by Gasteiger charge is 2.41. The van der Waals surface area contributed by atoms with Gasteiger partial charge < -0.3 is 5.11 Å². The summed E-state index contributed by atoms with van der Waals surface area (Å²) in [5, 5.41) is 8.92. The van der Waals surface area contributed by atoms with Crippen molar-refractivity contribution < 1.29 is 14.7 Å². The zero-order valence-electron chi connectivity index (χ0n) is 9.64. The van der Waals surface area contributed by atoms with Crippen LogP contribution in [-0.4, -0.2) is 16.9 Å². The van der Waals surface area contributed by atoms with Gasteiger partial charge in [-0.3, -0.25) is 4.79 Å². The van der Waals surface area contributed by atoms with Gasteiger partial charge in [-0.1, -0.05) is 37.3 Å². The van der Waals surface area contributed by atoms with Crippen LogP contribution in [0.25, 0.3) is 0 Å². The standard InChI is InChI=1S/C14H14O3/c1-3-10-14(4-2,12(15)13(16)17)11-8-6-5-7-9-11/h1,5-9H,4,10H2,2H3,(H,16,17). The van der Waals surface area contributed by atoms with E-state index in [9.17, 15) is 9.59 Å². The first kappa shape index (κ1) is 13.0. The highest BCUT2D eigenvalue weighted by molar-refractivity contribution is 6.36. The van der Waals surface area contributed by atoms with E-state index in [0.29, 0.717) is 12.0 Å². The summed E-state index contributed by atoms with van der Waals surface area (Å²) in [6.07, 6.45) is 5.73. The first-order chi connectivity index (χ1) is 8.08. The molecule has 1 atom stereocenters. The molecule has 0 aromatic heterocycles. The van der Waals surface area contributed by atoms with Gasteiger partial charge >= 0.3 is 5.97 Å². The average molecular weight is 230 g/mol. The van der Waals surface area contributed by atoms with Gasteiger partial charge in [-0.05, 0) is 12.0 Å². The molecule has 0 radical (unpaired) electrons. The fourth-order valence-corrected chi connectivity index (χ4v) is 1.94. The predicted molar refractivity (Wildman–Crippen MR) is 64.5 cm³/mol. The molecule has 1 aromatic carbocycles. The maximum atomic E-state index is 11.9. The lowest BCUT2D eigenvalue weighted by Gasteiger charge is -2.28. The Bertz CT molecular complexity index is 456. The van der Waals surface area contributed by atoms with E-state index in [0.717, 1.165) is 0 Å². The Labute approximate surface area is 100 Å². The number of rotatable bonds is 5. The molecule has 0 amide bonds. The minimum Gasteiger partial charge on any atom is -0.475 e. The SMILES string of the molecule is C#CCC(CC)(C(=O)C(=O)O)c1ccccc1. The summed E-state index contributed by atoms with van der Waals surface area (Å²) >= 11 is 0. The fourth-order valence-electron chi connectivity index (χ4n) is 1.94. The number of carbonyl (C=O) groups excluding carboxylic acids is 1. The molecular formula is C14H14O3. The fraction of sp³-hybridized carbons (Fsp3) is 0.286. The van der Waals surface area contributed by atoms with Gasteiger partial charge in [0.05, 0.1) is 5.41 Å². The van der Waals surface area contributed by atoms with E-state index in [2.05, 4.69) is 5.92 Å². The van der Waals surface area contributed by atoms with E-state index in [1.54, 1.807) is 31.2 Å². The summed E-state index contributed by atoms with van der Waals surface area (Å²) in [6.45, 7) is 1.77. The van der Waals surface area contributed by atoms with Crippen molar-refractivity contribution in [3.63, 3.8) is 0 Å². The molecule has 1 N–H and O–H groups in total. The zero-order valence-corrected chi connectivity index (χ0v) is 9.64. The van der Waals surface area contributed by atoms with E-state index < -0.39 is 17.2 Å². The monoisotopic (exact) mass is 230 g/mol. The molecule has 0 heterocycles. The van der Waals surface area contributed by atoms with Gasteiger partial charge in [0, 0.05) is 6.42 Å². The molecular weight excluding hydrogens is 216 g/mol. The number of Topliss-reactive ketones (excluding diaryl/α,β-unsaturated/α-hetero) is 1. The lowest BCUT2D eigenvalue weighted by atomic mass is 9.72. The molecule has 0 bridgehead atoms. The van der Waals surface area contributed by atoms with Gasteiger partial charge in [-0.15, -0.1) is 12.3 Å². The predicted octanol–water partition coefficient (Wildman–Crippen LogP) is 2.01. The van der Waals surface area contributed by atoms with Crippen LogP contribution >= 0.6 is 0 Å². The van der Waals surface area contributed by atoms with Crippen LogP contribution in [0.5, 0.6) is 0 Å². The van der Waals surface area contributed by atoms with E-state index in [1.807, 2.05) is 6.07 Å². The van der Waals surface area contributed by atoms with Crippen molar-refractivity contribution in [2.45, 2.75) is 25.2 Å². The zero-order chi connectivity index (χ0) is 12.9. The highest BCUT2D eigenvalue weighted by Crippen LogP contribution is 2.32. The van der Waals surface area contributed by atoms with Crippen molar-refractivity contribution >= 4 is 11.8 Å². The Morgan fingerprint density at radius 3 is 2.35 bits per heavy atom. The minimum atomic E-state index is -1.44. The smallest absolute Gasteiger partial charge is 0.373 e. The average Bonchev–Trinajstić information content (AvgIpc) is 2.36. The third kappa shape index (κ3) is 2.36. The van der Waals surface area contributed by atoms with Gasteiger partial charge in [0.15, 0.2) is 0 Å². The van der Waals surface area contributed by atoms with Crippen molar-refractivity contribution in [1.29, 1.82) is 0 Å². The topological polar surface area (TPSA) is 54.4 Å². The van der Waals surface area contributed by atoms with E-state index >= 15 is 0 Å². The van der Waals surface area contributed by atoms with Gasteiger partial charge in [-0.2, -0.15) is 0 Å². The van der Waals surface area contributed by atoms with E-state index in [4.69, 9.17) is 11.5 Å². The lowest BCUT2D eigenvalue weighted by Crippen LogP contribution is -2.39. The van der Waals surface area contributed by atoms with E-state index in [-0.39, 0.29) is 6.42 Å². The molecule has 0 aliphatic heterocycles. The summed E-state index contributed by atoms with van der Waals surface area (Å²) in [5.74, 6) is 0.127. The van der Waals surface area contributed by atoms with Crippen LogP contribution in [0.1, 0.15) is 25.3 Å². The molecule has 3 nitrogen and oxygen atoms in total. The quantitative estimate of drug-likeness (QED) is 0.622. The van der Waals surface area contributed by atoms with Gasteiger partial charge in [0.1, 0.15) is 0 Å². The summed E-state index contributed by atoms with van der Waals surface area (Å²) in [6, 6.07) is 8.82. The number of hydrogen-bond donors (Lipinski definition) is 1. The second-order valence-corrected chi connectivity index (χ2v) is 3.82. The molecule has 0 aliphatic rings. The Kier molecular flexibility index (Phi) is 4.06. The Balaban J connectivity index is 3.33. The van der Waals surface area contributed by atoms with Gasteiger partial charge in [0.2, 0.25) is 0 Å². The van der Waals surface area contributed by atoms with Crippen LogP contribution < -0.4 is 0 Å². The van der Waals surface area contributed by atoms with Crippen molar-refractivity contribution in [2.75, 3.05) is 0 Å². The van der Waals surface area contributed by atoms with Crippen LogP contribution in [-0.2, 0) is 15.0 Å². The van der Waals surface area contributed by atoms with Crippen LogP contribution in [0.4, 0.5) is 0 Å². The summed E-state index contributed by atoms with van der Waals surface area (Å²) in [5.41, 5.74) is -0.449. The normalized spacial score (nSPS) is 13.4. The number of terminal acetylenes is 1. The number of ketones is 1. The molecule has 0 aliphatic carbocycles. The molecule has 3 heteroatoms. The van der Waals surface area contributed by atoms with Crippen LogP contribution in [0, 0.1) is 12.3 Å². The number of carboxylic acids is 1. The first-order valence-corrected chi connectivity index (χ1v) is 5.35. The lowest BCUT2D eigenvalue weighted by molar-refractivity contribution is -0.152. The Morgan fingerprint density at radius 1 is 1.35 bits per heavy atom. The molecule has 0 fully saturated rings. The molecule has 0 spiro atoms. The summed E-state index contributed by atoms with van der Waals surface area (Å²) < 4.78 is 0. The Hall–Kier alpha value is -2.08. The molecule has 1 aromatic rings. The molecule has 1 rings (SSSR count).